The molecule has 0 aliphatic carbocycles. The number of aliphatic hydroxyl groups excluding tert-OH is 1. The van der Waals surface area contributed by atoms with Crippen LogP contribution in [0, 0.1) is 0 Å². The molecule has 5 heteroatoms. The molecule has 3 rings (SSSR count). The summed E-state index contributed by atoms with van der Waals surface area (Å²) in [6, 6.07) is 12.5. The summed E-state index contributed by atoms with van der Waals surface area (Å²) in [5.74, 6) is 0.621. The Morgan fingerprint density at radius 3 is 2.65 bits per heavy atom. The predicted octanol–water partition coefficient (Wildman–Crippen LogP) is 2.12. The fourth-order valence-corrected chi connectivity index (χ4v) is 1.81. The van der Waals surface area contributed by atoms with Crippen molar-refractivity contribution in [3.63, 3.8) is 0 Å². The van der Waals surface area contributed by atoms with Gasteiger partial charge in [-0.05, 0) is 24.3 Å². The number of hydrogen-bond acceptors (Lipinski definition) is 5. The third-order valence-corrected chi connectivity index (χ3v) is 2.76. The van der Waals surface area contributed by atoms with Crippen molar-refractivity contribution in [3.05, 3.63) is 65.2 Å². The lowest BCUT2D eigenvalue weighted by Gasteiger charge is -1.97. The summed E-state index contributed by atoms with van der Waals surface area (Å²) >= 11 is 0. The number of esters is 1. The number of aliphatic imine (C=N–C) groups is 1. The van der Waals surface area contributed by atoms with Crippen molar-refractivity contribution in [2.24, 2.45) is 4.99 Å². The van der Waals surface area contributed by atoms with Gasteiger partial charge in [0.25, 0.3) is 0 Å². The van der Waals surface area contributed by atoms with E-state index < -0.39 is 5.97 Å². The predicted molar refractivity (Wildman–Crippen MR) is 71.7 cm³/mol. The van der Waals surface area contributed by atoms with E-state index in [-0.39, 0.29) is 18.2 Å². The number of carbonyl (C=O) groups excluding carboxylic acids is 1. The molecule has 2 heterocycles. The Labute approximate surface area is 114 Å². The van der Waals surface area contributed by atoms with Gasteiger partial charge in [0.05, 0.1) is 0 Å². The summed E-state index contributed by atoms with van der Waals surface area (Å²) in [7, 11) is 0. The maximum atomic E-state index is 11.7. The van der Waals surface area contributed by atoms with Gasteiger partial charge in [-0.2, -0.15) is 0 Å². The van der Waals surface area contributed by atoms with E-state index in [9.17, 15) is 4.79 Å². The second-order valence-electron chi connectivity index (χ2n) is 4.16. The number of cyclic esters (lactones) is 1. The van der Waals surface area contributed by atoms with Crippen molar-refractivity contribution in [2.75, 3.05) is 0 Å². The Morgan fingerprint density at radius 2 is 1.95 bits per heavy atom. The van der Waals surface area contributed by atoms with Crippen LogP contribution in [0.5, 0.6) is 0 Å². The molecule has 0 amide bonds. The molecule has 5 nitrogen and oxygen atoms in total. The first kappa shape index (κ1) is 12.4. The number of hydrogen-bond donors (Lipinski definition) is 1. The minimum atomic E-state index is -0.522. The minimum absolute atomic E-state index is 0.169. The fourth-order valence-electron chi connectivity index (χ4n) is 1.81. The van der Waals surface area contributed by atoms with Crippen LogP contribution in [0.3, 0.4) is 0 Å². The summed E-state index contributed by atoms with van der Waals surface area (Å²) in [5.41, 5.74) is 0.905. The first-order valence-electron chi connectivity index (χ1n) is 6.04. The molecule has 0 spiro atoms. The molecule has 1 aliphatic rings. The smallest absolute Gasteiger partial charge is 0.363 e. The second kappa shape index (κ2) is 5.14. The number of rotatable bonds is 3. The fraction of sp³-hybridized carbons (Fsp3) is 0.0667. The van der Waals surface area contributed by atoms with Gasteiger partial charge in [-0.15, -0.1) is 0 Å². The van der Waals surface area contributed by atoms with Gasteiger partial charge in [-0.1, -0.05) is 18.2 Å². The molecular weight excluding hydrogens is 258 g/mol. The van der Waals surface area contributed by atoms with E-state index in [1.54, 1.807) is 12.1 Å². The maximum absolute atomic E-state index is 11.7. The normalized spacial score (nSPS) is 16.4. The quantitative estimate of drug-likeness (QED) is 0.684. The van der Waals surface area contributed by atoms with E-state index in [2.05, 4.69) is 4.99 Å². The summed E-state index contributed by atoms with van der Waals surface area (Å²) in [6.07, 6.45) is 1.48. The van der Waals surface area contributed by atoms with Crippen molar-refractivity contribution in [3.8, 4) is 0 Å². The van der Waals surface area contributed by atoms with Crippen LogP contribution < -0.4 is 0 Å². The lowest BCUT2D eigenvalue weighted by atomic mass is 10.2. The molecule has 0 unspecified atom stereocenters. The van der Waals surface area contributed by atoms with E-state index in [0.717, 1.165) is 5.56 Å². The lowest BCUT2D eigenvalue weighted by molar-refractivity contribution is -0.129. The highest BCUT2D eigenvalue weighted by Crippen LogP contribution is 2.20. The zero-order chi connectivity index (χ0) is 13.9. The van der Waals surface area contributed by atoms with Crippen LogP contribution in [-0.4, -0.2) is 17.0 Å². The van der Waals surface area contributed by atoms with Crippen molar-refractivity contribution >= 4 is 17.9 Å². The standard InChI is InChI=1S/C15H11NO4/c17-9-12-7-6-11(19-12)8-13-15(18)20-14(16-13)10-4-2-1-3-5-10/h1-8,17H,9H2/b13-8+. The summed E-state index contributed by atoms with van der Waals surface area (Å²) in [6.45, 7) is -0.188. The van der Waals surface area contributed by atoms with Crippen LogP contribution in [0.25, 0.3) is 6.08 Å². The van der Waals surface area contributed by atoms with E-state index in [1.165, 1.54) is 6.08 Å². The van der Waals surface area contributed by atoms with Crippen molar-refractivity contribution < 1.29 is 19.1 Å². The number of furan rings is 1. The molecular formula is C15H11NO4. The topological polar surface area (TPSA) is 72.0 Å². The second-order valence-corrected chi connectivity index (χ2v) is 4.16. The van der Waals surface area contributed by atoms with Gasteiger partial charge < -0.3 is 14.3 Å². The van der Waals surface area contributed by atoms with Crippen LogP contribution in [0.15, 0.2) is 57.6 Å². The van der Waals surface area contributed by atoms with E-state index in [1.807, 2.05) is 30.3 Å². The molecule has 1 aromatic carbocycles. The van der Waals surface area contributed by atoms with E-state index in [0.29, 0.717) is 11.5 Å². The molecule has 0 saturated carbocycles. The number of carbonyl (C=O) groups is 1. The highest BCUT2D eigenvalue weighted by atomic mass is 16.6. The summed E-state index contributed by atoms with van der Waals surface area (Å²) < 4.78 is 10.4. The average molecular weight is 269 g/mol. The van der Waals surface area contributed by atoms with Crippen LogP contribution in [0.2, 0.25) is 0 Å². The minimum Gasteiger partial charge on any atom is -0.459 e. The third-order valence-electron chi connectivity index (χ3n) is 2.76. The Hall–Kier alpha value is -2.66. The van der Waals surface area contributed by atoms with Gasteiger partial charge in [-0.25, -0.2) is 9.79 Å². The zero-order valence-electron chi connectivity index (χ0n) is 10.4. The van der Waals surface area contributed by atoms with Crippen molar-refractivity contribution in [1.29, 1.82) is 0 Å². The molecule has 100 valence electrons. The maximum Gasteiger partial charge on any atom is 0.363 e. The van der Waals surface area contributed by atoms with Gasteiger partial charge >= 0.3 is 5.97 Å². The number of ether oxygens (including phenoxy) is 1. The summed E-state index contributed by atoms with van der Waals surface area (Å²) in [5, 5.41) is 8.92. The molecule has 0 saturated heterocycles. The number of aliphatic hydroxyl groups is 1. The summed E-state index contributed by atoms with van der Waals surface area (Å²) in [4.78, 5) is 15.9. The molecule has 1 N–H and O–H groups in total. The van der Waals surface area contributed by atoms with Crippen molar-refractivity contribution in [1.82, 2.24) is 0 Å². The van der Waals surface area contributed by atoms with Gasteiger partial charge in [0.15, 0.2) is 5.70 Å². The highest BCUT2D eigenvalue weighted by molar-refractivity contribution is 6.12. The molecule has 0 atom stereocenters. The van der Waals surface area contributed by atoms with E-state index in [4.69, 9.17) is 14.3 Å². The Bertz CT molecular complexity index is 698. The third kappa shape index (κ3) is 2.39. The Kier molecular flexibility index (Phi) is 3.18. The lowest BCUT2D eigenvalue weighted by Crippen LogP contribution is -2.04. The first-order valence-corrected chi connectivity index (χ1v) is 6.04. The first-order chi connectivity index (χ1) is 9.76. The van der Waals surface area contributed by atoms with Crippen LogP contribution >= 0.6 is 0 Å². The molecule has 0 bridgehead atoms. The largest absolute Gasteiger partial charge is 0.459 e. The monoisotopic (exact) mass is 269 g/mol. The van der Waals surface area contributed by atoms with Gasteiger partial charge in [-0.3, -0.25) is 0 Å². The van der Waals surface area contributed by atoms with Crippen LogP contribution in [0.4, 0.5) is 0 Å². The van der Waals surface area contributed by atoms with Gasteiger partial charge in [0.1, 0.15) is 18.1 Å². The molecule has 1 aromatic heterocycles. The Morgan fingerprint density at radius 1 is 1.15 bits per heavy atom. The SMILES string of the molecule is O=C1OC(c2ccccc2)=N/C1=C/c1ccc(CO)o1. The molecule has 0 radical (unpaired) electrons. The average Bonchev–Trinajstić information content (AvgIpc) is 3.08. The molecule has 20 heavy (non-hydrogen) atoms. The van der Waals surface area contributed by atoms with Crippen molar-refractivity contribution in [2.45, 2.75) is 6.61 Å². The highest BCUT2D eigenvalue weighted by Gasteiger charge is 2.24. The van der Waals surface area contributed by atoms with E-state index >= 15 is 0 Å². The van der Waals surface area contributed by atoms with Crippen LogP contribution in [0.1, 0.15) is 17.1 Å². The van der Waals surface area contributed by atoms with Crippen LogP contribution in [-0.2, 0) is 16.1 Å². The Balaban J connectivity index is 1.90. The van der Waals surface area contributed by atoms with Gasteiger partial charge in [0.2, 0.25) is 5.90 Å². The molecule has 2 aromatic rings. The van der Waals surface area contributed by atoms with Gasteiger partial charge in [0, 0.05) is 11.6 Å². The zero-order valence-corrected chi connectivity index (χ0v) is 10.4. The number of nitrogens with zero attached hydrogens (tertiary/aromatic N) is 1. The molecule has 0 fully saturated rings. The molecule has 1 aliphatic heterocycles. The number of benzene rings is 1.